The van der Waals surface area contributed by atoms with Crippen LogP contribution in [0.3, 0.4) is 0 Å². The maximum absolute atomic E-state index is 11.0. The Morgan fingerprint density at radius 3 is 2.29 bits per heavy atom. The van der Waals surface area contributed by atoms with E-state index in [1.165, 1.54) is 6.07 Å². The molecule has 1 heterocycles. The van der Waals surface area contributed by atoms with Gasteiger partial charge < -0.3 is 25.2 Å². The van der Waals surface area contributed by atoms with Gasteiger partial charge in [-0.25, -0.2) is 9.78 Å². The Kier molecular flexibility index (Phi) is 7.49. The highest BCUT2D eigenvalue weighted by atomic mass is 16.5. The Balaban J connectivity index is 2.88. The predicted molar refractivity (Wildman–Crippen MR) is 80.8 cm³/mol. The second-order valence-corrected chi connectivity index (χ2v) is 4.30. The van der Waals surface area contributed by atoms with Crippen molar-refractivity contribution in [2.24, 2.45) is 0 Å². The van der Waals surface area contributed by atoms with E-state index in [1.807, 2.05) is 18.7 Å². The average Bonchev–Trinajstić information content (AvgIpc) is 2.46. The molecule has 0 atom stereocenters. The molecule has 0 saturated heterocycles. The predicted octanol–water partition coefficient (Wildman–Crippen LogP) is 1.24. The van der Waals surface area contributed by atoms with E-state index in [-0.39, 0.29) is 5.69 Å². The Morgan fingerprint density at radius 1 is 1.24 bits per heavy atom. The standard InChI is InChI=1S/C14H23N3O4/c1-3-20-9-7-17(8-10-21-4-2)13-11(15)5-6-12(16-13)14(18)19/h5-6H,3-4,7-10,15H2,1-2H3,(H,18,19). The number of hydrogen-bond donors (Lipinski definition) is 2. The quantitative estimate of drug-likeness (QED) is 0.627. The average molecular weight is 297 g/mol. The van der Waals surface area contributed by atoms with Crippen LogP contribution in [0.2, 0.25) is 0 Å². The van der Waals surface area contributed by atoms with E-state index in [0.717, 1.165) is 0 Å². The summed E-state index contributed by atoms with van der Waals surface area (Å²) in [6.07, 6.45) is 0. The van der Waals surface area contributed by atoms with Crippen LogP contribution in [-0.2, 0) is 9.47 Å². The summed E-state index contributed by atoms with van der Waals surface area (Å²) >= 11 is 0. The van der Waals surface area contributed by atoms with Crippen molar-refractivity contribution >= 4 is 17.5 Å². The van der Waals surface area contributed by atoms with Crippen LogP contribution in [-0.4, -0.2) is 55.6 Å². The number of aromatic nitrogens is 1. The number of pyridine rings is 1. The fourth-order valence-electron chi connectivity index (χ4n) is 1.79. The van der Waals surface area contributed by atoms with E-state index in [4.69, 9.17) is 20.3 Å². The zero-order chi connectivity index (χ0) is 15.7. The first kappa shape index (κ1) is 17.2. The Labute approximate surface area is 124 Å². The molecule has 7 nitrogen and oxygen atoms in total. The highest BCUT2D eigenvalue weighted by Crippen LogP contribution is 2.20. The van der Waals surface area contributed by atoms with Crippen molar-refractivity contribution in [3.8, 4) is 0 Å². The molecule has 0 aliphatic heterocycles. The van der Waals surface area contributed by atoms with Crippen molar-refractivity contribution in [2.45, 2.75) is 13.8 Å². The number of nitrogens with zero attached hydrogens (tertiary/aromatic N) is 2. The van der Waals surface area contributed by atoms with Crippen molar-refractivity contribution in [2.75, 3.05) is 50.2 Å². The fraction of sp³-hybridized carbons (Fsp3) is 0.571. The minimum absolute atomic E-state index is 0.0305. The number of rotatable bonds is 10. The molecule has 118 valence electrons. The normalized spacial score (nSPS) is 10.6. The molecule has 0 fully saturated rings. The van der Waals surface area contributed by atoms with E-state index >= 15 is 0 Å². The molecule has 21 heavy (non-hydrogen) atoms. The van der Waals surface area contributed by atoms with Crippen molar-refractivity contribution in [1.82, 2.24) is 4.98 Å². The number of hydrogen-bond acceptors (Lipinski definition) is 6. The third-order valence-corrected chi connectivity index (χ3v) is 2.84. The molecule has 0 saturated carbocycles. The van der Waals surface area contributed by atoms with E-state index in [1.54, 1.807) is 6.07 Å². The molecule has 0 amide bonds. The minimum atomic E-state index is -1.08. The molecule has 3 N–H and O–H groups in total. The molecule has 7 heteroatoms. The van der Waals surface area contributed by atoms with Gasteiger partial charge in [-0.3, -0.25) is 0 Å². The van der Waals surface area contributed by atoms with Crippen LogP contribution in [0.25, 0.3) is 0 Å². The molecule has 0 unspecified atom stereocenters. The highest BCUT2D eigenvalue weighted by molar-refractivity contribution is 5.87. The molecule has 1 aromatic heterocycles. The van der Waals surface area contributed by atoms with E-state index in [2.05, 4.69) is 4.98 Å². The van der Waals surface area contributed by atoms with Gasteiger partial charge in [0.1, 0.15) is 0 Å². The van der Waals surface area contributed by atoms with Gasteiger partial charge in [-0.2, -0.15) is 0 Å². The van der Waals surface area contributed by atoms with Crippen LogP contribution >= 0.6 is 0 Å². The van der Waals surface area contributed by atoms with Crippen LogP contribution < -0.4 is 10.6 Å². The van der Waals surface area contributed by atoms with Gasteiger partial charge in [0.25, 0.3) is 0 Å². The van der Waals surface area contributed by atoms with Gasteiger partial charge in [0.05, 0.1) is 18.9 Å². The fourth-order valence-corrected chi connectivity index (χ4v) is 1.79. The second-order valence-electron chi connectivity index (χ2n) is 4.30. The molecular formula is C14H23N3O4. The molecule has 1 rings (SSSR count). The maximum atomic E-state index is 11.0. The first-order valence-electron chi connectivity index (χ1n) is 7.00. The number of nitrogens with two attached hydrogens (primary N) is 1. The van der Waals surface area contributed by atoms with Gasteiger partial charge in [0.15, 0.2) is 11.5 Å². The lowest BCUT2D eigenvalue weighted by Gasteiger charge is -2.25. The Hall–Kier alpha value is -1.86. The van der Waals surface area contributed by atoms with Gasteiger partial charge in [-0.05, 0) is 26.0 Å². The number of carbonyl (C=O) groups is 1. The van der Waals surface area contributed by atoms with E-state index < -0.39 is 5.97 Å². The zero-order valence-corrected chi connectivity index (χ0v) is 12.5. The summed E-state index contributed by atoms with van der Waals surface area (Å²) < 4.78 is 10.7. The summed E-state index contributed by atoms with van der Waals surface area (Å²) in [6, 6.07) is 2.95. The monoisotopic (exact) mass is 297 g/mol. The molecule has 0 aliphatic carbocycles. The smallest absolute Gasteiger partial charge is 0.354 e. The number of anilines is 2. The van der Waals surface area contributed by atoms with Crippen molar-refractivity contribution < 1.29 is 19.4 Å². The number of carboxylic acid groups (broad SMARTS) is 1. The maximum Gasteiger partial charge on any atom is 0.354 e. The van der Waals surface area contributed by atoms with Crippen LogP contribution in [0.1, 0.15) is 24.3 Å². The number of ether oxygens (including phenoxy) is 2. The van der Waals surface area contributed by atoms with Crippen molar-refractivity contribution in [1.29, 1.82) is 0 Å². The second kappa shape index (κ2) is 9.15. The van der Waals surface area contributed by atoms with Crippen LogP contribution in [0, 0.1) is 0 Å². The summed E-state index contributed by atoms with van der Waals surface area (Å²) in [5.74, 6) is -0.625. The third kappa shape index (κ3) is 5.57. The molecular weight excluding hydrogens is 274 g/mol. The summed E-state index contributed by atoms with van der Waals surface area (Å²) in [7, 11) is 0. The van der Waals surface area contributed by atoms with Gasteiger partial charge in [-0.15, -0.1) is 0 Å². The molecule has 0 radical (unpaired) electrons. The lowest BCUT2D eigenvalue weighted by atomic mass is 10.3. The highest BCUT2D eigenvalue weighted by Gasteiger charge is 2.15. The molecule has 0 aliphatic rings. The largest absolute Gasteiger partial charge is 0.477 e. The zero-order valence-electron chi connectivity index (χ0n) is 12.5. The summed E-state index contributed by atoms with van der Waals surface area (Å²) in [5, 5.41) is 9.04. The van der Waals surface area contributed by atoms with Gasteiger partial charge in [0.2, 0.25) is 0 Å². The van der Waals surface area contributed by atoms with Crippen LogP contribution in [0.5, 0.6) is 0 Å². The van der Waals surface area contributed by atoms with Crippen molar-refractivity contribution in [3.63, 3.8) is 0 Å². The Bertz CT molecular complexity index is 444. The molecule has 0 bridgehead atoms. The van der Waals surface area contributed by atoms with E-state index in [0.29, 0.717) is 51.0 Å². The Morgan fingerprint density at radius 2 is 1.81 bits per heavy atom. The minimum Gasteiger partial charge on any atom is -0.477 e. The summed E-state index contributed by atoms with van der Waals surface area (Å²) in [4.78, 5) is 17.0. The molecule has 1 aromatic rings. The first-order chi connectivity index (χ1) is 10.1. The summed E-state index contributed by atoms with van der Waals surface area (Å²) in [5.41, 5.74) is 6.33. The van der Waals surface area contributed by atoms with Gasteiger partial charge in [0, 0.05) is 26.3 Å². The number of carboxylic acids is 1. The van der Waals surface area contributed by atoms with Gasteiger partial charge >= 0.3 is 5.97 Å². The van der Waals surface area contributed by atoms with Crippen molar-refractivity contribution in [3.05, 3.63) is 17.8 Å². The van der Waals surface area contributed by atoms with Crippen LogP contribution in [0.15, 0.2) is 12.1 Å². The first-order valence-corrected chi connectivity index (χ1v) is 7.00. The van der Waals surface area contributed by atoms with Gasteiger partial charge in [-0.1, -0.05) is 0 Å². The van der Waals surface area contributed by atoms with Crippen LogP contribution in [0.4, 0.5) is 11.5 Å². The third-order valence-electron chi connectivity index (χ3n) is 2.84. The lowest BCUT2D eigenvalue weighted by molar-refractivity contribution is 0.0690. The lowest BCUT2D eigenvalue weighted by Crippen LogP contribution is -2.32. The summed E-state index contributed by atoms with van der Waals surface area (Å²) in [6.45, 7) is 7.25. The number of aromatic carboxylic acids is 1. The molecule has 0 aromatic carbocycles. The SMILES string of the molecule is CCOCCN(CCOCC)c1nc(C(=O)O)ccc1N. The number of nitrogen functional groups attached to an aromatic ring is 1. The van der Waals surface area contributed by atoms with E-state index in [9.17, 15) is 4.79 Å². The topological polar surface area (TPSA) is 97.9 Å². The molecule has 0 spiro atoms.